The van der Waals surface area contributed by atoms with Crippen molar-refractivity contribution in [1.82, 2.24) is 14.9 Å². The molecule has 0 aliphatic rings. The lowest BCUT2D eigenvalue weighted by molar-refractivity contribution is 0.182. The summed E-state index contributed by atoms with van der Waals surface area (Å²) in [5, 5.41) is 3.98. The van der Waals surface area contributed by atoms with E-state index in [0.29, 0.717) is 23.2 Å². The number of rotatable bonds is 10. The minimum absolute atomic E-state index is 0.520. The molecule has 0 saturated heterocycles. The van der Waals surface area contributed by atoms with Gasteiger partial charge in [-0.25, -0.2) is 0 Å². The Morgan fingerprint density at radius 3 is 2.12 bits per heavy atom. The van der Waals surface area contributed by atoms with Crippen LogP contribution < -0.4 is 10.2 Å². The van der Waals surface area contributed by atoms with Gasteiger partial charge < -0.3 is 10.2 Å². The quantitative estimate of drug-likeness (QED) is 0.489. The second kappa shape index (κ2) is 10.3. The Morgan fingerprint density at radius 1 is 1.08 bits per heavy atom. The molecule has 5 nitrogen and oxygen atoms in total. The third kappa shape index (κ3) is 5.67. The Balaban J connectivity index is 2.92. The fourth-order valence-corrected chi connectivity index (χ4v) is 3.70. The van der Waals surface area contributed by atoms with Crippen molar-refractivity contribution >= 4 is 35.1 Å². The smallest absolute Gasteiger partial charge is 0.228 e. The zero-order chi connectivity index (χ0) is 18.3. The standard InChI is InChI=1S/C17H32ClN5S/c1-8-22(9-2)17-20-15(18)14(24-7)16(21-17)19-10-11-23(12(3)4)13(5)6/h12-13H,8-11H2,1-7H3,(H,19,20,21). The van der Waals surface area contributed by atoms with E-state index in [2.05, 4.69) is 61.6 Å². The van der Waals surface area contributed by atoms with Crippen molar-refractivity contribution in [1.29, 1.82) is 0 Å². The van der Waals surface area contributed by atoms with Gasteiger partial charge in [0.2, 0.25) is 5.95 Å². The van der Waals surface area contributed by atoms with Crippen molar-refractivity contribution in [2.24, 2.45) is 0 Å². The maximum absolute atomic E-state index is 6.39. The predicted octanol–water partition coefficient (Wildman–Crippen LogP) is 4.23. The van der Waals surface area contributed by atoms with Gasteiger partial charge in [-0.05, 0) is 47.8 Å². The highest BCUT2D eigenvalue weighted by Crippen LogP contribution is 2.32. The van der Waals surface area contributed by atoms with Crippen LogP contribution in [0.3, 0.4) is 0 Å². The van der Waals surface area contributed by atoms with Crippen LogP contribution in [0.2, 0.25) is 5.15 Å². The maximum atomic E-state index is 6.39. The van der Waals surface area contributed by atoms with Crippen LogP contribution in [-0.4, -0.2) is 59.4 Å². The molecule has 0 bridgehead atoms. The topological polar surface area (TPSA) is 44.3 Å². The second-order valence-corrected chi connectivity index (χ2v) is 7.40. The Labute approximate surface area is 156 Å². The van der Waals surface area contributed by atoms with Gasteiger partial charge in [-0.2, -0.15) is 9.97 Å². The Morgan fingerprint density at radius 2 is 1.67 bits per heavy atom. The van der Waals surface area contributed by atoms with Gasteiger partial charge in [-0.1, -0.05) is 11.6 Å². The lowest BCUT2D eigenvalue weighted by atomic mass is 10.2. The average molecular weight is 374 g/mol. The van der Waals surface area contributed by atoms with E-state index in [1.807, 2.05) is 6.26 Å². The Kier molecular flexibility index (Phi) is 9.16. The highest BCUT2D eigenvalue weighted by Gasteiger charge is 2.17. The number of thioether (sulfide) groups is 1. The van der Waals surface area contributed by atoms with E-state index in [1.165, 1.54) is 0 Å². The van der Waals surface area contributed by atoms with Crippen molar-refractivity contribution in [3.8, 4) is 0 Å². The molecule has 0 atom stereocenters. The molecule has 0 aliphatic carbocycles. The summed E-state index contributed by atoms with van der Waals surface area (Å²) in [6.45, 7) is 16.6. The molecule has 0 radical (unpaired) electrons. The van der Waals surface area contributed by atoms with Crippen LogP contribution in [0.25, 0.3) is 0 Å². The molecule has 0 aromatic carbocycles. The van der Waals surface area contributed by atoms with Crippen LogP contribution >= 0.6 is 23.4 Å². The summed E-state index contributed by atoms with van der Waals surface area (Å²) < 4.78 is 0. The first-order valence-electron chi connectivity index (χ1n) is 8.71. The van der Waals surface area contributed by atoms with Crippen molar-refractivity contribution < 1.29 is 0 Å². The molecular formula is C17H32ClN5S. The van der Waals surface area contributed by atoms with Crippen LogP contribution in [0.4, 0.5) is 11.8 Å². The third-order valence-electron chi connectivity index (χ3n) is 4.05. The third-order valence-corrected chi connectivity index (χ3v) is 5.23. The number of anilines is 2. The van der Waals surface area contributed by atoms with E-state index in [-0.39, 0.29) is 0 Å². The number of hydrogen-bond donors (Lipinski definition) is 1. The van der Waals surface area contributed by atoms with Gasteiger partial charge in [0.15, 0.2) is 0 Å². The molecule has 1 heterocycles. The Bertz CT molecular complexity index is 498. The summed E-state index contributed by atoms with van der Waals surface area (Å²) >= 11 is 7.96. The zero-order valence-electron chi connectivity index (χ0n) is 16.1. The number of hydrogen-bond acceptors (Lipinski definition) is 6. The first-order chi connectivity index (χ1) is 11.3. The van der Waals surface area contributed by atoms with Crippen LogP contribution in [-0.2, 0) is 0 Å². The molecule has 0 fully saturated rings. The first kappa shape index (κ1) is 21.3. The minimum atomic E-state index is 0.520. The molecular weight excluding hydrogens is 342 g/mol. The first-order valence-corrected chi connectivity index (χ1v) is 10.3. The second-order valence-electron chi connectivity index (χ2n) is 6.22. The molecule has 1 aromatic heterocycles. The molecule has 0 unspecified atom stereocenters. The summed E-state index contributed by atoms with van der Waals surface area (Å²) in [7, 11) is 0. The van der Waals surface area contributed by atoms with Gasteiger partial charge in [-0.3, -0.25) is 4.90 Å². The fourth-order valence-electron chi connectivity index (χ4n) is 2.78. The summed E-state index contributed by atoms with van der Waals surface area (Å²) in [5.74, 6) is 1.52. The summed E-state index contributed by atoms with van der Waals surface area (Å²) in [6, 6.07) is 1.04. The van der Waals surface area contributed by atoms with E-state index in [1.54, 1.807) is 11.8 Å². The molecule has 0 spiro atoms. The molecule has 0 aliphatic heterocycles. The van der Waals surface area contributed by atoms with Crippen molar-refractivity contribution in [2.75, 3.05) is 42.7 Å². The summed E-state index contributed by atoms with van der Waals surface area (Å²) in [6.07, 6.45) is 2.00. The largest absolute Gasteiger partial charge is 0.368 e. The summed E-state index contributed by atoms with van der Waals surface area (Å²) in [5.41, 5.74) is 0. The fraction of sp³-hybridized carbons (Fsp3) is 0.765. The number of nitrogens with zero attached hydrogens (tertiary/aromatic N) is 4. The zero-order valence-corrected chi connectivity index (χ0v) is 17.6. The van der Waals surface area contributed by atoms with E-state index < -0.39 is 0 Å². The van der Waals surface area contributed by atoms with Crippen LogP contribution in [0.5, 0.6) is 0 Å². The number of halogens is 1. The van der Waals surface area contributed by atoms with E-state index in [9.17, 15) is 0 Å². The predicted molar refractivity (Wildman–Crippen MR) is 108 cm³/mol. The molecule has 24 heavy (non-hydrogen) atoms. The SMILES string of the molecule is CCN(CC)c1nc(Cl)c(SC)c(NCCN(C(C)C)C(C)C)n1. The lowest BCUT2D eigenvalue weighted by Crippen LogP contribution is -2.40. The minimum Gasteiger partial charge on any atom is -0.368 e. The average Bonchev–Trinajstić information content (AvgIpc) is 2.51. The van der Waals surface area contributed by atoms with Gasteiger partial charge in [0.1, 0.15) is 11.0 Å². The maximum Gasteiger partial charge on any atom is 0.228 e. The Hall–Kier alpha value is -0.720. The van der Waals surface area contributed by atoms with Gasteiger partial charge in [-0.15, -0.1) is 11.8 Å². The van der Waals surface area contributed by atoms with Gasteiger partial charge in [0.05, 0.1) is 4.90 Å². The van der Waals surface area contributed by atoms with E-state index >= 15 is 0 Å². The number of aromatic nitrogens is 2. The molecule has 0 amide bonds. The van der Waals surface area contributed by atoms with Crippen LogP contribution in [0, 0.1) is 0 Å². The van der Waals surface area contributed by atoms with Crippen molar-refractivity contribution in [3.05, 3.63) is 5.15 Å². The van der Waals surface area contributed by atoms with E-state index in [0.717, 1.165) is 36.9 Å². The van der Waals surface area contributed by atoms with Crippen LogP contribution in [0.1, 0.15) is 41.5 Å². The molecule has 1 rings (SSSR count). The molecule has 138 valence electrons. The van der Waals surface area contributed by atoms with Gasteiger partial charge >= 0.3 is 0 Å². The van der Waals surface area contributed by atoms with E-state index in [4.69, 9.17) is 16.6 Å². The lowest BCUT2D eigenvalue weighted by Gasteiger charge is -2.30. The van der Waals surface area contributed by atoms with Crippen molar-refractivity contribution in [3.63, 3.8) is 0 Å². The van der Waals surface area contributed by atoms with Crippen molar-refractivity contribution in [2.45, 2.75) is 58.5 Å². The number of nitrogens with one attached hydrogen (secondary N) is 1. The molecule has 1 aromatic rings. The normalized spacial score (nSPS) is 11.6. The molecule has 1 N–H and O–H groups in total. The van der Waals surface area contributed by atoms with Gasteiger partial charge in [0.25, 0.3) is 0 Å². The van der Waals surface area contributed by atoms with Crippen LogP contribution in [0.15, 0.2) is 4.90 Å². The summed E-state index contributed by atoms with van der Waals surface area (Å²) in [4.78, 5) is 14.6. The highest BCUT2D eigenvalue weighted by atomic mass is 35.5. The van der Waals surface area contributed by atoms with Gasteiger partial charge in [0, 0.05) is 38.3 Å². The highest BCUT2D eigenvalue weighted by molar-refractivity contribution is 7.98. The molecule has 7 heteroatoms. The monoisotopic (exact) mass is 373 g/mol. The molecule has 0 saturated carbocycles.